The number of aryl methyl sites for hydroxylation is 1. The number of hydrogen-bond donors (Lipinski definition) is 2. The van der Waals surface area contributed by atoms with Gasteiger partial charge in [0.2, 0.25) is 0 Å². The molecule has 24 heavy (non-hydrogen) atoms. The highest BCUT2D eigenvalue weighted by atomic mass is 32.1. The maximum atomic E-state index is 12.6. The van der Waals surface area contributed by atoms with Crippen LogP contribution in [0, 0.1) is 0 Å². The maximum Gasteiger partial charge on any atom is 0.265 e. The van der Waals surface area contributed by atoms with Crippen molar-refractivity contribution in [2.24, 2.45) is 7.05 Å². The third-order valence-electron chi connectivity index (χ3n) is 4.24. The molecule has 124 valence electrons. The number of aromatic nitrogens is 2. The van der Waals surface area contributed by atoms with E-state index in [-0.39, 0.29) is 17.5 Å². The molecule has 0 aliphatic carbocycles. The Morgan fingerprint density at radius 3 is 2.71 bits per heavy atom. The molecule has 1 aromatic carbocycles. The molecule has 1 amide bonds. The molecule has 4 rings (SSSR count). The number of thiophene rings is 1. The van der Waals surface area contributed by atoms with E-state index in [0.29, 0.717) is 0 Å². The minimum atomic E-state index is -0.272. The van der Waals surface area contributed by atoms with Crippen LogP contribution in [0.1, 0.15) is 47.9 Å². The lowest BCUT2D eigenvalue weighted by Gasteiger charge is -2.28. The predicted octanol–water partition coefficient (Wildman–Crippen LogP) is 3.79. The highest BCUT2D eigenvalue weighted by molar-refractivity contribution is 7.21. The average molecular weight is 340 g/mol. The van der Waals surface area contributed by atoms with Gasteiger partial charge >= 0.3 is 0 Å². The van der Waals surface area contributed by atoms with Crippen molar-refractivity contribution in [3.8, 4) is 0 Å². The second kappa shape index (κ2) is 5.08. The monoisotopic (exact) mass is 340 g/mol. The van der Waals surface area contributed by atoms with Gasteiger partial charge in [-0.1, -0.05) is 39.0 Å². The highest BCUT2D eigenvalue weighted by Gasteiger charge is 2.33. The van der Waals surface area contributed by atoms with Crippen molar-refractivity contribution in [1.29, 1.82) is 0 Å². The Balaban J connectivity index is 1.82. The van der Waals surface area contributed by atoms with Gasteiger partial charge in [-0.15, -0.1) is 11.3 Å². The predicted molar refractivity (Wildman–Crippen MR) is 97.6 cm³/mol. The quantitative estimate of drug-likeness (QED) is 0.709. The first kappa shape index (κ1) is 15.2. The Bertz CT molecular complexity index is 948. The number of carbonyl (C=O) groups is 1. The zero-order valence-corrected chi connectivity index (χ0v) is 15.0. The molecule has 0 unspecified atom stereocenters. The first-order chi connectivity index (χ1) is 11.3. The lowest BCUT2D eigenvalue weighted by Crippen LogP contribution is -2.38. The van der Waals surface area contributed by atoms with Crippen LogP contribution in [0.3, 0.4) is 0 Å². The van der Waals surface area contributed by atoms with Crippen LogP contribution in [-0.2, 0) is 12.5 Å². The highest BCUT2D eigenvalue weighted by Crippen LogP contribution is 2.40. The van der Waals surface area contributed by atoms with E-state index < -0.39 is 0 Å². The molecule has 0 saturated heterocycles. The first-order valence-electron chi connectivity index (χ1n) is 7.97. The summed E-state index contributed by atoms with van der Waals surface area (Å²) in [6.45, 7) is 6.40. The van der Waals surface area contributed by atoms with E-state index in [0.717, 1.165) is 31.9 Å². The van der Waals surface area contributed by atoms with Gasteiger partial charge in [0.25, 0.3) is 5.91 Å². The van der Waals surface area contributed by atoms with Crippen LogP contribution in [0.5, 0.6) is 0 Å². The summed E-state index contributed by atoms with van der Waals surface area (Å²) < 4.78 is 2.93. The lowest BCUT2D eigenvalue weighted by molar-refractivity contribution is 0.0940. The standard InChI is InChI=1S/C18H20N4OS/c1-18(2,3)15-11(9-22(4)21-15)16-19-13-10-7-5-6-8-12(10)24-14(13)17(23)20-16/h5-9,16,19H,1-4H3,(H,20,23)/t16-/m0/s1. The SMILES string of the molecule is Cn1cc([C@@H]2NC(=O)c3sc4ccccc4c3N2)c(C(C)(C)C)n1. The fourth-order valence-corrected chi connectivity index (χ4v) is 4.25. The molecule has 6 heteroatoms. The first-order valence-corrected chi connectivity index (χ1v) is 8.79. The largest absolute Gasteiger partial charge is 0.360 e. The number of hydrogen-bond acceptors (Lipinski definition) is 4. The summed E-state index contributed by atoms with van der Waals surface area (Å²) in [5.41, 5.74) is 2.83. The number of nitrogens with zero attached hydrogens (tertiary/aromatic N) is 2. The molecule has 0 saturated carbocycles. The van der Waals surface area contributed by atoms with Crippen molar-refractivity contribution >= 4 is 33.0 Å². The number of amides is 1. The summed E-state index contributed by atoms with van der Waals surface area (Å²) in [5, 5.41) is 12.3. The molecule has 2 N–H and O–H groups in total. The van der Waals surface area contributed by atoms with Crippen LogP contribution in [0.15, 0.2) is 30.5 Å². The third-order valence-corrected chi connectivity index (χ3v) is 5.41. The van der Waals surface area contributed by atoms with Gasteiger partial charge in [0.15, 0.2) is 0 Å². The van der Waals surface area contributed by atoms with Crippen molar-refractivity contribution in [1.82, 2.24) is 15.1 Å². The molecule has 2 aromatic heterocycles. The fraction of sp³-hybridized carbons (Fsp3) is 0.333. The van der Waals surface area contributed by atoms with Gasteiger partial charge in [0, 0.05) is 34.3 Å². The van der Waals surface area contributed by atoms with E-state index in [9.17, 15) is 4.79 Å². The van der Waals surface area contributed by atoms with Crippen molar-refractivity contribution in [3.63, 3.8) is 0 Å². The lowest BCUT2D eigenvalue weighted by atomic mass is 9.88. The number of fused-ring (bicyclic) bond motifs is 3. The van der Waals surface area contributed by atoms with Crippen molar-refractivity contribution in [2.75, 3.05) is 5.32 Å². The van der Waals surface area contributed by atoms with Crippen molar-refractivity contribution < 1.29 is 4.79 Å². The molecule has 1 aliphatic rings. The fourth-order valence-electron chi connectivity index (χ4n) is 3.18. The number of carbonyl (C=O) groups excluding carboxylic acids is 1. The van der Waals surface area contributed by atoms with E-state index >= 15 is 0 Å². The normalized spacial score (nSPS) is 17.5. The molecular formula is C18H20N4OS. The van der Waals surface area contributed by atoms with E-state index in [1.165, 1.54) is 11.3 Å². The minimum absolute atomic E-state index is 0.0290. The Kier molecular flexibility index (Phi) is 3.22. The number of anilines is 1. The molecule has 5 nitrogen and oxygen atoms in total. The molecular weight excluding hydrogens is 320 g/mol. The van der Waals surface area contributed by atoms with Crippen molar-refractivity contribution in [3.05, 3.63) is 46.6 Å². The summed E-state index contributed by atoms with van der Waals surface area (Å²) in [6.07, 6.45) is 1.71. The topological polar surface area (TPSA) is 59.0 Å². The van der Waals surface area contributed by atoms with Gasteiger partial charge in [0.05, 0.1) is 11.4 Å². The second-order valence-electron chi connectivity index (χ2n) is 7.21. The summed E-state index contributed by atoms with van der Waals surface area (Å²) in [7, 11) is 1.91. The Morgan fingerprint density at radius 2 is 1.96 bits per heavy atom. The van der Waals surface area contributed by atoms with Crippen LogP contribution < -0.4 is 10.6 Å². The Hall–Kier alpha value is -2.34. The van der Waals surface area contributed by atoms with Gasteiger partial charge in [-0.05, 0) is 6.07 Å². The Morgan fingerprint density at radius 1 is 1.21 bits per heavy atom. The van der Waals surface area contributed by atoms with Crippen LogP contribution in [0.25, 0.3) is 10.1 Å². The molecule has 3 aromatic rings. The smallest absolute Gasteiger partial charge is 0.265 e. The van der Waals surface area contributed by atoms with Crippen molar-refractivity contribution in [2.45, 2.75) is 32.4 Å². The van der Waals surface area contributed by atoms with Gasteiger partial charge < -0.3 is 10.6 Å². The number of benzene rings is 1. The average Bonchev–Trinajstić information content (AvgIpc) is 3.08. The zero-order valence-electron chi connectivity index (χ0n) is 14.2. The molecule has 0 radical (unpaired) electrons. The summed E-state index contributed by atoms with van der Waals surface area (Å²) >= 11 is 1.52. The second-order valence-corrected chi connectivity index (χ2v) is 8.26. The zero-order chi connectivity index (χ0) is 17.1. The minimum Gasteiger partial charge on any atom is -0.360 e. The van der Waals surface area contributed by atoms with Gasteiger partial charge in [0.1, 0.15) is 11.0 Å². The van der Waals surface area contributed by atoms with Gasteiger partial charge in [-0.25, -0.2) is 0 Å². The summed E-state index contributed by atoms with van der Waals surface area (Å²) in [6, 6.07) is 8.11. The number of nitrogens with one attached hydrogen (secondary N) is 2. The molecule has 1 atom stereocenters. The molecule has 0 spiro atoms. The molecule has 0 bridgehead atoms. The van der Waals surface area contributed by atoms with E-state index in [1.807, 2.05) is 36.1 Å². The van der Waals surface area contributed by atoms with E-state index in [4.69, 9.17) is 0 Å². The summed E-state index contributed by atoms with van der Waals surface area (Å²) in [5.74, 6) is -0.0290. The van der Waals surface area contributed by atoms with E-state index in [2.05, 4.69) is 42.6 Å². The maximum absolute atomic E-state index is 12.6. The Labute approximate surface area is 144 Å². The molecule has 3 heterocycles. The third kappa shape index (κ3) is 2.29. The van der Waals surface area contributed by atoms with Crippen LogP contribution in [-0.4, -0.2) is 15.7 Å². The summed E-state index contributed by atoms with van der Waals surface area (Å²) in [4.78, 5) is 13.4. The molecule has 0 fully saturated rings. The van der Waals surface area contributed by atoms with E-state index in [1.54, 1.807) is 0 Å². The van der Waals surface area contributed by atoms with Gasteiger partial charge in [-0.3, -0.25) is 9.48 Å². The van der Waals surface area contributed by atoms with Gasteiger partial charge in [-0.2, -0.15) is 5.10 Å². The van der Waals surface area contributed by atoms with Crippen LogP contribution >= 0.6 is 11.3 Å². The number of rotatable bonds is 1. The molecule has 1 aliphatic heterocycles. The van der Waals surface area contributed by atoms with Crippen LogP contribution in [0.2, 0.25) is 0 Å². The van der Waals surface area contributed by atoms with Crippen LogP contribution in [0.4, 0.5) is 5.69 Å².